The molecule has 2 aliphatic rings. The monoisotopic (exact) mass is 304 g/mol. The molecular formula is C17H20O3S. The molecule has 4 heteroatoms. The summed E-state index contributed by atoms with van der Waals surface area (Å²) in [6, 6.07) is 7.72. The first-order chi connectivity index (χ1) is 10.2. The summed E-state index contributed by atoms with van der Waals surface area (Å²) in [7, 11) is 1.63. The van der Waals surface area contributed by atoms with E-state index in [2.05, 4.69) is 0 Å². The first kappa shape index (κ1) is 14.6. The quantitative estimate of drug-likeness (QED) is 0.804. The molecule has 3 rings (SSSR count). The summed E-state index contributed by atoms with van der Waals surface area (Å²) in [4.78, 5) is 24.9. The number of carbonyl (C=O) groups is 2. The maximum atomic E-state index is 12.4. The molecule has 0 radical (unpaired) electrons. The van der Waals surface area contributed by atoms with E-state index >= 15 is 0 Å². The van der Waals surface area contributed by atoms with Crippen LogP contribution in [-0.4, -0.2) is 29.7 Å². The molecule has 1 aliphatic carbocycles. The molecule has 1 saturated carbocycles. The topological polar surface area (TPSA) is 43.4 Å². The lowest BCUT2D eigenvalue weighted by Gasteiger charge is -2.29. The summed E-state index contributed by atoms with van der Waals surface area (Å²) in [6.07, 6.45) is 3.15. The first-order valence-electron chi connectivity index (χ1n) is 7.50. The fraction of sp³-hybridized carbons (Fsp3) is 0.529. The highest BCUT2D eigenvalue weighted by molar-refractivity contribution is 8.00. The van der Waals surface area contributed by atoms with E-state index in [1.165, 1.54) is 0 Å². The van der Waals surface area contributed by atoms with Gasteiger partial charge in [0.1, 0.15) is 17.3 Å². The summed E-state index contributed by atoms with van der Waals surface area (Å²) in [5.41, 5.74) is 1.06. The maximum Gasteiger partial charge on any atom is 0.145 e. The summed E-state index contributed by atoms with van der Waals surface area (Å²) >= 11 is 1.80. The van der Waals surface area contributed by atoms with Crippen molar-refractivity contribution in [2.45, 2.75) is 36.9 Å². The molecule has 1 saturated heterocycles. The fourth-order valence-electron chi connectivity index (χ4n) is 3.38. The molecule has 21 heavy (non-hydrogen) atoms. The molecular weight excluding hydrogens is 284 g/mol. The summed E-state index contributed by atoms with van der Waals surface area (Å²) in [6.45, 7) is 0. The van der Waals surface area contributed by atoms with Gasteiger partial charge >= 0.3 is 0 Å². The van der Waals surface area contributed by atoms with Crippen LogP contribution in [0.5, 0.6) is 5.75 Å². The van der Waals surface area contributed by atoms with E-state index in [1.54, 1.807) is 18.9 Å². The highest BCUT2D eigenvalue weighted by Gasteiger charge is 2.41. The predicted octanol–water partition coefficient (Wildman–Crippen LogP) is 3.22. The molecule has 0 spiro atoms. The van der Waals surface area contributed by atoms with Crippen LogP contribution in [0, 0.1) is 5.92 Å². The minimum Gasteiger partial charge on any atom is -0.497 e. The number of ketones is 2. The molecule has 0 amide bonds. The Hall–Kier alpha value is -1.29. The van der Waals surface area contributed by atoms with Crippen molar-refractivity contribution in [2.24, 2.45) is 5.92 Å². The molecule has 1 aromatic rings. The number of hydrogen-bond acceptors (Lipinski definition) is 4. The van der Waals surface area contributed by atoms with Gasteiger partial charge in [-0.05, 0) is 42.2 Å². The Labute approximate surface area is 129 Å². The molecule has 0 N–H and O–H groups in total. The number of ether oxygens (including phenoxy) is 1. The minimum atomic E-state index is -0.341. The van der Waals surface area contributed by atoms with Crippen molar-refractivity contribution in [3.05, 3.63) is 29.8 Å². The van der Waals surface area contributed by atoms with E-state index in [1.807, 2.05) is 24.3 Å². The molecule has 2 fully saturated rings. The molecule has 1 aromatic carbocycles. The van der Waals surface area contributed by atoms with Crippen LogP contribution in [-0.2, 0) is 9.59 Å². The summed E-state index contributed by atoms with van der Waals surface area (Å²) in [5.74, 6) is 1.87. The van der Waals surface area contributed by atoms with Gasteiger partial charge in [0.15, 0.2) is 0 Å². The lowest BCUT2D eigenvalue weighted by Crippen LogP contribution is -2.38. The largest absolute Gasteiger partial charge is 0.497 e. The van der Waals surface area contributed by atoms with Crippen molar-refractivity contribution < 1.29 is 14.3 Å². The van der Waals surface area contributed by atoms with Crippen molar-refractivity contribution in [1.82, 2.24) is 0 Å². The number of hydrogen-bond donors (Lipinski definition) is 0. The zero-order chi connectivity index (χ0) is 14.8. The van der Waals surface area contributed by atoms with Gasteiger partial charge in [-0.15, -0.1) is 0 Å². The number of benzene rings is 1. The summed E-state index contributed by atoms with van der Waals surface area (Å²) in [5, 5.41) is 0.238. The van der Waals surface area contributed by atoms with Gasteiger partial charge in [0, 0.05) is 18.1 Å². The van der Waals surface area contributed by atoms with Crippen LogP contribution < -0.4 is 4.74 Å². The number of Topliss-reactive ketones (excluding diaryl/α,β-unsaturated/α-hetero) is 2. The third-order valence-electron chi connectivity index (χ3n) is 4.51. The van der Waals surface area contributed by atoms with Crippen LogP contribution in [0.25, 0.3) is 0 Å². The molecule has 1 aliphatic heterocycles. The van der Waals surface area contributed by atoms with Crippen LogP contribution in [0.2, 0.25) is 0 Å². The molecule has 3 nitrogen and oxygen atoms in total. The lowest BCUT2D eigenvalue weighted by atomic mass is 9.75. The number of carbonyl (C=O) groups excluding carboxylic acids is 2. The van der Waals surface area contributed by atoms with Crippen LogP contribution in [0.3, 0.4) is 0 Å². The second-order valence-electron chi connectivity index (χ2n) is 5.84. The van der Waals surface area contributed by atoms with Gasteiger partial charge in [-0.2, -0.15) is 11.8 Å². The Morgan fingerprint density at radius 3 is 2.29 bits per heavy atom. The van der Waals surface area contributed by atoms with Gasteiger partial charge in [0.25, 0.3) is 0 Å². The number of thioether (sulfide) groups is 1. The van der Waals surface area contributed by atoms with E-state index in [-0.39, 0.29) is 28.7 Å². The lowest BCUT2D eigenvalue weighted by molar-refractivity contribution is -0.136. The Morgan fingerprint density at radius 1 is 1.10 bits per heavy atom. The normalized spacial score (nSPS) is 29.7. The molecule has 1 atom stereocenters. The standard InChI is InChI=1S/C17H20O3S/c1-20-13-6-4-11(5-7-13)12-9-14(18)17(15(19)10-12)16-3-2-8-21-16/h4-7,12,16-17H,2-3,8-10H2,1H3. The van der Waals surface area contributed by atoms with Crippen molar-refractivity contribution in [1.29, 1.82) is 0 Å². The molecule has 1 heterocycles. The van der Waals surface area contributed by atoms with Gasteiger partial charge < -0.3 is 4.74 Å². The van der Waals surface area contributed by atoms with E-state index in [0.717, 1.165) is 29.9 Å². The van der Waals surface area contributed by atoms with E-state index in [0.29, 0.717) is 12.8 Å². The minimum absolute atomic E-state index is 0.0403. The first-order valence-corrected chi connectivity index (χ1v) is 8.55. The van der Waals surface area contributed by atoms with E-state index < -0.39 is 0 Å². The third-order valence-corrected chi connectivity index (χ3v) is 5.97. The highest BCUT2D eigenvalue weighted by atomic mass is 32.2. The Bertz CT molecular complexity index is 513. The SMILES string of the molecule is COc1ccc(C2CC(=O)C(C3CCCS3)C(=O)C2)cc1. The van der Waals surface area contributed by atoms with Gasteiger partial charge in [-0.25, -0.2) is 0 Å². The van der Waals surface area contributed by atoms with Gasteiger partial charge in [0.2, 0.25) is 0 Å². The molecule has 0 aromatic heterocycles. The Kier molecular flexibility index (Phi) is 4.34. The maximum absolute atomic E-state index is 12.4. The zero-order valence-electron chi connectivity index (χ0n) is 12.2. The van der Waals surface area contributed by atoms with Crippen molar-refractivity contribution in [3.63, 3.8) is 0 Å². The van der Waals surface area contributed by atoms with Crippen molar-refractivity contribution >= 4 is 23.3 Å². The second-order valence-corrected chi connectivity index (χ2v) is 7.19. The molecule has 112 valence electrons. The third kappa shape index (κ3) is 3.00. The fourth-order valence-corrected chi connectivity index (χ4v) is 4.85. The van der Waals surface area contributed by atoms with Gasteiger partial charge in [0.05, 0.1) is 13.0 Å². The van der Waals surface area contributed by atoms with Gasteiger partial charge in [-0.1, -0.05) is 12.1 Å². The average Bonchev–Trinajstić information content (AvgIpc) is 3.00. The predicted molar refractivity (Wildman–Crippen MR) is 84.0 cm³/mol. The van der Waals surface area contributed by atoms with Crippen LogP contribution in [0.1, 0.15) is 37.2 Å². The van der Waals surface area contributed by atoms with E-state index in [9.17, 15) is 9.59 Å². The summed E-state index contributed by atoms with van der Waals surface area (Å²) < 4.78 is 5.15. The van der Waals surface area contributed by atoms with Crippen LogP contribution in [0.4, 0.5) is 0 Å². The van der Waals surface area contributed by atoms with Crippen molar-refractivity contribution in [3.8, 4) is 5.75 Å². The zero-order valence-corrected chi connectivity index (χ0v) is 13.0. The smallest absolute Gasteiger partial charge is 0.145 e. The van der Waals surface area contributed by atoms with E-state index in [4.69, 9.17) is 4.74 Å². The number of methoxy groups -OCH3 is 1. The average molecular weight is 304 g/mol. The van der Waals surface area contributed by atoms with Crippen LogP contribution >= 0.6 is 11.8 Å². The van der Waals surface area contributed by atoms with Crippen LogP contribution in [0.15, 0.2) is 24.3 Å². The van der Waals surface area contributed by atoms with Gasteiger partial charge in [-0.3, -0.25) is 9.59 Å². The second kappa shape index (κ2) is 6.22. The number of rotatable bonds is 3. The highest BCUT2D eigenvalue weighted by Crippen LogP contribution is 2.40. The molecule has 1 unspecified atom stereocenters. The molecule has 0 bridgehead atoms. The van der Waals surface area contributed by atoms with Crippen molar-refractivity contribution in [2.75, 3.05) is 12.9 Å². The Morgan fingerprint density at radius 2 is 1.76 bits per heavy atom. The Balaban J connectivity index is 1.73.